The highest BCUT2D eigenvalue weighted by Crippen LogP contribution is 2.14. The Morgan fingerprint density at radius 2 is 1.46 bits per heavy atom. The molecule has 2 rings (SSSR count). The molecular formula is C21H24N2O4S. The van der Waals surface area contributed by atoms with E-state index in [9.17, 15) is 14.4 Å². The lowest BCUT2D eigenvalue weighted by atomic mass is 10.1. The number of thioether (sulfide) groups is 1. The molecule has 0 bridgehead atoms. The average molecular weight is 401 g/mol. The lowest BCUT2D eigenvalue weighted by Gasteiger charge is -2.08. The number of ether oxygens (including phenoxy) is 1. The van der Waals surface area contributed by atoms with E-state index in [0.29, 0.717) is 5.69 Å². The first-order chi connectivity index (χ1) is 13.3. The molecule has 0 spiro atoms. The maximum absolute atomic E-state index is 11.9. The average Bonchev–Trinajstić information content (AvgIpc) is 2.59. The predicted octanol–water partition coefficient (Wildman–Crippen LogP) is 3.47. The molecule has 6 nitrogen and oxygen atoms in total. The fraction of sp³-hybridized carbons (Fsp3) is 0.286. The molecule has 0 aromatic heterocycles. The van der Waals surface area contributed by atoms with Gasteiger partial charge in [0.05, 0.1) is 11.5 Å². The molecule has 2 aromatic carbocycles. The molecule has 0 radical (unpaired) electrons. The SMILES string of the molecule is Cc1cc(C)cc(NC(=O)COC(=O)CSCC(=O)Nc2cccc(C)c2)c1. The Hall–Kier alpha value is -2.80. The van der Waals surface area contributed by atoms with Gasteiger partial charge in [-0.1, -0.05) is 18.2 Å². The Morgan fingerprint density at radius 3 is 2.14 bits per heavy atom. The van der Waals surface area contributed by atoms with Gasteiger partial charge < -0.3 is 15.4 Å². The number of benzene rings is 2. The van der Waals surface area contributed by atoms with Gasteiger partial charge in [-0.2, -0.15) is 0 Å². The van der Waals surface area contributed by atoms with Crippen LogP contribution in [-0.4, -0.2) is 35.9 Å². The number of amides is 2. The molecular weight excluding hydrogens is 376 g/mol. The van der Waals surface area contributed by atoms with Crippen molar-refractivity contribution in [3.63, 3.8) is 0 Å². The number of carbonyl (C=O) groups is 3. The molecule has 2 N–H and O–H groups in total. The number of hydrogen-bond donors (Lipinski definition) is 2. The van der Waals surface area contributed by atoms with Gasteiger partial charge in [0.1, 0.15) is 0 Å². The Balaban J connectivity index is 1.65. The molecule has 28 heavy (non-hydrogen) atoms. The molecule has 2 amide bonds. The smallest absolute Gasteiger partial charge is 0.316 e. The molecule has 7 heteroatoms. The topological polar surface area (TPSA) is 84.5 Å². The molecule has 0 atom stereocenters. The maximum Gasteiger partial charge on any atom is 0.316 e. The van der Waals surface area contributed by atoms with E-state index >= 15 is 0 Å². The van der Waals surface area contributed by atoms with Gasteiger partial charge in [0, 0.05) is 11.4 Å². The van der Waals surface area contributed by atoms with Crippen LogP contribution in [0.25, 0.3) is 0 Å². The van der Waals surface area contributed by atoms with Crippen molar-refractivity contribution in [2.45, 2.75) is 20.8 Å². The zero-order chi connectivity index (χ0) is 20.5. The third-order valence-corrected chi connectivity index (χ3v) is 4.53. The third kappa shape index (κ3) is 7.84. The van der Waals surface area contributed by atoms with Crippen LogP contribution >= 0.6 is 11.8 Å². The molecule has 0 unspecified atom stereocenters. The van der Waals surface area contributed by atoms with Crippen molar-refractivity contribution in [3.05, 3.63) is 59.2 Å². The summed E-state index contributed by atoms with van der Waals surface area (Å²) in [4.78, 5) is 35.5. The zero-order valence-electron chi connectivity index (χ0n) is 16.2. The highest BCUT2D eigenvalue weighted by atomic mass is 32.2. The molecule has 148 valence electrons. The van der Waals surface area contributed by atoms with Crippen LogP contribution in [0.5, 0.6) is 0 Å². The lowest BCUT2D eigenvalue weighted by molar-refractivity contribution is -0.144. The standard InChI is InChI=1S/C21H24N2O4S/c1-14-5-4-6-17(8-14)22-20(25)12-28-13-21(26)27-11-19(24)23-18-9-15(2)7-16(3)10-18/h4-10H,11-13H2,1-3H3,(H,22,25)(H,23,24). The van der Waals surface area contributed by atoms with E-state index < -0.39 is 11.9 Å². The van der Waals surface area contributed by atoms with Crippen molar-refractivity contribution in [2.75, 3.05) is 28.7 Å². The Morgan fingerprint density at radius 1 is 0.821 bits per heavy atom. The van der Waals surface area contributed by atoms with Crippen LogP contribution in [0.4, 0.5) is 11.4 Å². The summed E-state index contributed by atoms with van der Waals surface area (Å²) in [5, 5.41) is 5.47. The minimum atomic E-state index is -0.538. The number of aryl methyl sites for hydroxylation is 3. The minimum Gasteiger partial charge on any atom is -0.455 e. The number of esters is 1. The van der Waals surface area contributed by atoms with Gasteiger partial charge in [0.15, 0.2) is 6.61 Å². The molecule has 0 saturated heterocycles. The summed E-state index contributed by atoms with van der Waals surface area (Å²) >= 11 is 1.13. The van der Waals surface area contributed by atoms with Crippen molar-refractivity contribution in [3.8, 4) is 0 Å². The van der Waals surface area contributed by atoms with Crippen LogP contribution in [0.15, 0.2) is 42.5 Å². The van der Waals surface area contributed by atoms with E-state index in [1.54, 1.807) is 6.07 Å². The first-order valence-corrected chi connectivity index (χ1v) is 9.95. The van der Waals surface area contributed by atoms with Crippen LogP contribution in [0, 0.1) is 20.8 Å². The Labute approximate surface area is 169 Å². The first-order valence-electron chi connectivity index (χ1n) is 8.80. The van der Waals surface area contributed by atoms with Gasteiger partial charge in [0.25, 0.3) is 5.91 Å². The molecule has 0 aliphatic heterocycles. The van der Waals surface area contributed by atoms with E-state index in [0.717, 1.165) is 34.1 Å². The fourth-order valence-corrected chi connectivity index (χ4v) is 3.19. The van der Waals surface area contributed by atoms with E-state index in [1.807, 2.05) is 57.2 Å². The predicted molar refractivity (Wildman–Crippen MR) is 113 cm³/mol. The van der Waals surface area contributed by atoms with Crippen molar-refractivity contribution in [1.29, 1.82) is 0 Å². The molecule has 0 fully saturated rings. The molecule has 0 aliphatic rings. The summed E-state index contributed by atoms with van der Waals surface area (Å²) in [6, 6.07) is 13.2. The Bertz CT molecular complexity index is 847. The number of rotatable bonds is 8. The largest absolute Gasteiger partial charge is 0.455 e. The second-order valence-electron chi connectivity index (χ2n) is 6.50. The second-order valence-corrected chi connectivity index (χ2v) is 7.48. The van der Waals surface area contributed by atoms with Gasteiger partial charge >= 0.3 is 5.97 Å². The van der Waals surface area contributed by atoms with Crippen molar-refractivity contribution in [2.24, 2.45) is 0 Å². The summed E-state index contributed by atoms with van der Waals surface area (Å²) < 4.78 is 4.95. The Kier molecular flexibility index (Phi) is 8.07. The fourth-order valence-electron chi connectivity index (χ4n) is 2.58. The molecule has 0 heterocycles. The quantitative estimate of drug-likeness (QED) is 0.663. The number of anilines is 2. The minimum absolute atomic E-state index is 0.00191. The zero-order valence-corrected chi connectivity index (χ0v) is 17.0. The summed E-state index contributed by atoms with van der Waals surface area (Å²) in [6.45, 7) is 5.46. The lowest BCUT2D eigenvalue weighted by Crippen LogP contribution is -2.22. The van der Waals surface area contributed by atoms with Crippen molar-refractivity contribution >= 4 is 40.9 Å². The normalized spacial score (nSPS) is 10.2. The van der Waals surface area contributed by atoms with Gasteiger partial charge in [-0.05, 0) is 61.7 Å². The highest BCUT2D eigenvalue weighted by molar-refractivity contribution is 8.00. The molecule has 0 saturated carbocycles. The van der Waals surface area contributed by atoms with E-state index in [2.05, 4.69) is 10.6 Å². The van der Waals surface area contributed by atoms with Gasteiger partial charge in [-0.15, -0.1) is 11.8 Å². The molecule has 2 aromatic rings. The highest BCUT2D eigenvalue weighted by Gasteiger charge is 2.10. The van der Waals surface area contributed by atoms with Gasteiger partial charge in [0.2, 0.25) is 5.91 Å². The summed E-state index contributed by atoms with van der Waals surface area (Å²) in [6.07, 6.45) is 0. The van der Waals surface area contributed by atoms with Crippen LogP contribution in [0.2, 0.25) is 0 Å². The number of carbonyl (C=O) groups excluding carboxylic acids is 3. The van der Waals surface area contributed by atoms with Crippen LogP contribution in [-0.2, 0) is 19.1 Å². The van der Waals surface area contributed by atoms with Crippen LogP contribution in [0.1, 0.15) is 16.7 Å². The maximum atomic E-state index is 11.9. The van der Waals surface area contributed by atoms with Crippen LogP contribution in [0.3, 0.4) is 0 Å². The summed E-state index contributed by atoms with van der Waals surface area (Å²) in [5.41, 5.74) is 4.50. The summed E-state index contributed by atoms with van der Waals surface area (Å²) in [5.74, 6) is -1.02. The van der Waals surface area contributed by atoms with E-state index in [1.165, 1.54) is 0 Å². The van der Waals surface area contributed by atoms with Crippen molar-refractivity contribution < 1.29 is 19.1 Å². The van der Waals surface area contributed by atoms with Crippen LogP contribution < -0.4 is 10.6 Å². The second kappa shape index (κ2) is 10.5. The molecule has 0 aliphatic carbocycles. The first kappa shape index (κ1) is 21.5. The monoisotopic (exact) mass is 400 g/mol. The van der Waals surface area contributed by atoms with E-state index in [-0.39, 0.29) is 24.0 Å². The van der Waals surface area contributed by atoms with Gasteiger partial charge in [-0.25, -0.2) is 0 Å². The van der Waals surface area contributed by atoms with Crippen molar-refractivity contribution in [1.82, 2.24) is 0 Å². The third-order valence-electron chi connectivity index (χ3n) is 3.62. The van der Waals surface area contributed by atoms with Gasteiger partial charge in [-0.3, -0.25) is 14.4 Å². The summed E-state index contributed by atoms with van der Waals surface area (Å²) in [7, 11) is 0. The number of hydrogen-bond acceptors (Lipinski definition) is 5. The number of nitrogens with one attached hydrogen (secondary N) is 2. The van der Waals surface area contributed by atoms with E-state index in [4.69, 9.17) is 4.74 Å².